The minimum absolute atomic E-state index is 0.0535. The largest absolute Gasteiger partial charge is 0.548 e. The van der Waals surface area contributed by atoms with Crippen molar-refractivity contribution in [1.82, 2.24) is 4.72 Å². The zero-order valence-corrected chi connectivity index (χ0v) is 13.2. The summed E-state index contributed by atoms with van der Waals surface area (Å²) in [4.78, 5) is 21.6. The van der Waals surface area contributed by atoms with E-state index >= 15 is 0 Å². The summed E-state index contributed by atoms with van der Waals surface area (Å²) in [5, 5.41) is 11.0. The van der Waals surface area contributed by atoms with Gasteiger partial charge in [0.2, 0.25) is 15.9 Å². The Morgan fingerprint density at radius 1 is 1.23 bits per heavy atom. The Bertz CT molecular complexity index is 638. The van der Waals surface area contributed by atoms with Gasteiger partial charge in [0, 0.05) is 6.42 Å². The highest BCUT2D eigenvalue weighted by Gasteiger charge is 2.21. The van der Waals surface area contributed by atoms with E-state index in [0.717, 1.165) is 5.56 Å². The molecule has 1 atom stereocenters. The number of sulfonamides is 1. The minimum atomic E-state index is -4.02. The van der Waals surface area contributed by atoms with Crippen molar-refractivity contribution in [2.45, 2.75) is 43.5 Å². The average Bonchev–Trinajstić information content (AvgIpc) is 2.43. The van der Waals surface area contributed by atoms with Crippen LogP contribution in [0.25, 0.3) is 0 Å². The van der Waals surface area contributed by atoms with Crippen molar-refractivity contribution in [3.05, 3.63) is 29.8 Å². The van der Waals surface area contributed by atoms with Crippen LogP contribution in [0.1, 0.15) is 38.2 Å². The molecule has 1 aromatic rings. The second-order valence-corrected chi connectivity index (χ2v) is 6.94. The third-order valence-corrected chi connectivity index (χ3v) is 4.61. The van der Waals surface area contributed by atoms with Crippen LogP contribution in [0.2, 0.25) is 0 Å². The van der Waals surface area contributed by atoms with E-state index in [2.05, 4.69) is 0 Å². The van der Waals surface area contributed by atoms with Crippen molar-refractivity contribution >= 4 is 21.9 Å². The first-order chi connectivity index (χ1) is 10.1. The van der Waals surface area contributed by atoms with Gasteiger partial charge in [0.25, 0.3) is 0 Å². The van der Waals surface area contributed by atoms with E-state index in [1.807, 2.05) is 18.6 Å². The lowest BCUT2D eigenvalue weighted by Gasteiger charge is -2.19. The fraction of sp³-hybridized carbons (Fsp3) is 0.429. The third-order valence-electron chi connectivity index (χ3n) is 3.12. The van der Waals surface area contributed by atoms with Crippen LogP contribution in [0.15, 0.2) is 29.2 Å². The van der Waals surface area contributed by atoms with Crippen LogP contribution in [-0.2, 0) is 19.6 Å². The number of primary amides is 1. The van der Waals surface area contributed by atoms with E-state index < -0.39 is 27.9 Å². The first kappa shape index (κ1) is 18.1. The number of aliphatic carboxylic acids is 1. The highest BCUT2D eigenvalue weighted by molar-refractivity contribution is 7.89. The van der Waals surface area contributed by atoms with Gasteiger partial charge in [0.05, 0.1) is 16.9 Å². The monoisotopic (exact) mass is 327 g/mol. The normalized spacial score (nSPS) is 13.0. The van der Waals surface area contributed by atoms with E-state index in [-0.39, 0.29) is 23.7 Å². The molecular weight excluding hydrogens is 308 g/mol. The number of benzene rings is 1. The Kier molecular flexibility index (Phi) is 6.07. The standard InChI is InChI=1S/C14H20N2O5S/c1-9(2)10-3-5-11(6-4-10)22(20,21)16-12(14(18)19)7-8-13(15)17/h3-6,9,12,16H,7-8H2,1-2H3,(H2,15,17)(H,18,19)/p-1/t12-/m1/s1. The van der Waals surface area contributed by atoms with Gasteiger partial charge in [-0.25, -0.2) is 13.1 Å². The molecule has 0 aliphatic rings. The predicted octanol–water partition coefficient (Wildman–Crippen LogP) is -0.528. The molecule has 1 aromatic carbocycles. The number of carboxylic acid groups (broad SMARTS) is 1. The maximum Gasteiger partial charge on any atom is 0.241 e. The van der Waals surface area contributed by atoms with E-state index in [4.69, 9.17) is 5.73 Å². The van der Waals surface area contributed by atoms with Crippen LogP contribution >= 0.6 is 0 Å². The zero-order chi connectivity index (χ0) is 16.9. The molecule has 7 nitrogen and oxygen atoms in total. The maximum absolute atomic E-state index is 12.2. The number of carbonyl (C=O) groups is 2. The molecular formula is C14H19N2O5S-. The SMILES string of the molecule is CC(C)c1ccc(S(=O)(=O)N[C@H](CCC(N)=O)C(=O)[O-])cc1. The van der Waals surface area contributed by atoms with Gasteiger partial charge in [-0.3, -0.25) is 4.79 Å². The topological polar surface area (TPSA) is 129 Å². The number of carbonyl (C=O) groups excluding carboxylic acids is 2. The van der Waals surface area contributed by atoms with Crippen LogP contribution in [0.4, 0.5) is 0 Å². The van der Waals surface area contributed by atoms with Crippen molar-refractivity contribution < 1.29 is 23.1 Å². The molecule has 0 saturated carbocycles. The van der Waals surface area contributed by atoms with Gasteiger partial charge in [-0.15, -0.1) is 0 Å². The lowest BCUT2D eigenvalue weighted by Crippen LogP contribution is -2.48. The van der Waals surface area contributed by atoms with Gasteiger partial charge >= 0.3 is 0 Å². The van der Waals surface area contributed by atoms with Crippen molar-refractivity contribution in [3.8, 4) is 0 Å². The maximum atomic E-state index is 12.2. The van der Waals surface area contributed by atoms with Crippen molar-refractivity contribution in [2.24, 2.45) is 5.73 Å². The molecule has 1 amide bonds. The summed E-state index contributed by atoms with van der Waals surface area (Å²) in [6.07, 6.45) is -0.519. The first-order valence-electron chi connectivity index (χ1n) is 6.75. The second-order valence-electron chi connectivity index (χ2n) is 5.22. The second kappa shape index (κ2) is 7.37. The van der Waals surface area contributed by atoms with Crippen LogP contribution in [0, 0.1) is 0 Å². The number of carboxylic acids is 1. The molecule has 3 N–H and O–H groups in total. The highest BCUT2D eigenvalue weighted by Crippen LogP contribution is 2.17. The van der Waals surface area contributed by atoms with Gasteiger partial charge < -0.3 is 15.6 Å². The summed E-state index contributed by atoms with van der Waals surface area (Å²) in [7, 11) is -4.02. The Morgan fingerprint density at radius 3 is 2.18 bits per heavy atom. The number of nitrogens with two attached hydrogens (primary N) is 1. The van der Waals surface area contributed by atoms with Crippen LogP contribution in [0.5, 0.6) is 0 Å². The molecule has 0 saturated heterocycles. The summed E-state index contributed by atoms with van der Waals surface area (Å²) < 4.78 is 26.3. The average molecular weight is 327 g/mol. The molecule has 1 rings (SSSR count). The quantitative estimate of drug-likeness (QED) is 0.663. The molecule has 0 fully saturated rings. The summed E-state index contributed by atoms with van der Waals surface area (Å²) in [6, 6.07) is 4.62. The molecule has 0 heterocycles. The fourth-order valence-electron chi connectivity index (χ4n) is 1.80. The van der Waals surface area contributed by atoms with Crippen LogP contribution in [-0.4, -0.2) is 26.3 Å². The van der Waals surface area contributed by atoms with E-state index in [0.29, 0.717) is 0 Å². The van der Waals surface area contributed by atoms with Crippen molar-refractivity contribution in [2.75, 3.05) is 0 Å². The van der Waals surface area contributed by atoms with E-state index in [1.165, 1.54) is 12.1 Å². The van der Waals surface area contributed by atoms with Gasteiger partial charge in [0.1, 0.15) is 0 Å². The van der Waals surface area contributed by atoms with Gasteiger partial charge in [-0.1, -0.05) is 26.0 Å². The number of hydrogen-bond acceptors (Lipinski definition) is 5. The molecule has 0 aliphatic heterocycles. The number of rotatable bonds is 8. The van der Waals surface area contributed by atoms with Gasteiger partial charge in [0.15, 0.2) is 0 Å². The third kappa shape index (κ3) is 5.12. The summed E-state index contributed by atoms with van der Waals surface area (Å²) >= 11 is 0. The number of hydrogen-bond donors (Lipinski definition) is 2. The summed E-state index contributed by atoms with van der Waals surface area (Å²) in [5.74, 6) is -2.08. The zero-order valence-electron chi connectivity index (χ0n) is 12.4. The highest BCUT2D eigenvalue weighted by atomic mass is 32.2. The summed E-state index contributed by atoms with van der Waals surface area (Å²) in [6.45, 7) is 3.94. The lowest BCUT2D eigenvalue weighted by atomic mass is 10.0. The number of nitrogens with one attached hydrogen (secondary N) is 1. The molecule has 0 unspecified atom stereocenters. The van der Waals surface area contributed by atoms with E-state index in [1.54, 1.807) is 12.1 Å². The Morgan fingerprint density at radius 2 is 1.77 bits per heavy atom. The van der Waals surface area contributed by atoms with Crippen molar-refractivity contribution in [3.63, 3.8) is 0 Å². The van der Waals surface area contributed by atoms with Crippen molar-refractivity contribution in [1.29, 1.82) is 0 Å². The van der Waals surface area contributed by atoms with Crippen LogP contribution < -0.4 is 15.6 Å². The fourth-order valence-corrected chi connectivity index (χ4v) is 3.02. The molecule has 22 heavy (non-hydrogen) atoms. The molecule has 0 aromatic heterocycles. The Labute approximate surface area is 129 Å². The molecule has 0 aliphatic carbocycles. The smallest absolute Gasteiger partial charge is 0.241 e. The van der Waals surface area contributed by atoms with Gasteiger partial charge in [-0.05, 0) is 30.0 Å². The molecule has 8 heteroatoms. The Balaban J connectivity index is 2.92. The van der Waals surface area contributed by atoms with E-state index in [9.17, 15) is 23.1 Å². The Hall–Kier alpha value is -1.93. The molecule has 0 bridgehead atoms. The van der Waals surface area contributed by atoms with Gasteiger partial charge in [-0.2, -0.15) is 0 Å². The molecule has 0 spiro atoms. The molecule has 0 radical (unpaired) electrons. The predicted molar refractivity (Wildman–Crippen MR) is 78.1 cm³/mol. The number of amides is 1. The lowest BCUT2D eigenvalue weighted by molar-refractivity contribution is -0.308. The summed E-state index contributed by atoms with van der Waals surface area (Å²) in [5.41, 5.74) is 5.89. The first-order valence-corrected chi connectivity index (χ1v) is 8.23. The van der Waals surface area contributed by atoms with Crippen LogP contribution in [0.3, 0.4) is 0 Å². The minimum Gasteiger partial charge on any atom is -0.548 e. The molecule has 122 valence electrons.